The van der Waals surface area contributed by atoms with Crippen molar-refractivity contribution in [2.45, 2.75) is 44.2 Å². The van der Waals surface area contributed by atoms with Gasteiger partial charge in [-0.05, 0) is 67.1 Å². The topological polar surface area (TPSA) is 47.6 Å². The maximum atomic E-state index is 6.22. The van der Waals surface area contributed by atoms with Gasteiger partial charge >= 0.3 is 0 Å². The first kappa shape index (κ1) is 16.9. The Hall–Kier alpha value is -1.55. The molecule has 2 aromatic rings. The van der Waals surface area contributed by atoms with Gasteiger partial charge in [-0.25, -0.2) is 0 Å². The number of hydrogen-bond donors (Lipinski definition) is 1. The molecule has 1 aliphatic carbocycles. The van der Waals surface area contributed by atoms with Crippen molar-refractivity contribution < 1.29 is 4.84 Å². The molecule has 0 saturated carbocycles. The van der Waals surface area contributed by atoms with E-state index in [9.17, 15) is 0 Å². The summed E-state index contributed by atoms with van der Waals surface area (Å²) in [5.41, 5.74) is 11.2. The molecule has 3 nitrogen and oxygen atoms in total. The van der Waals surface area contributed by atoms with Crippen LogP contribution in [-0.2, 0) is 16.9 Å². The molecule has 2 unspecified atom stereocenters. The maximum Gasteiger partial charge on any atom is 0.165 e. The molecule has 4 rings (SSSR count). The molecule has 0 radical (unpaired) electrons. The Morgan fingerprint density at radius 3 is 2.68 bits per heavy atom. The van der Waals surface area contributed by atoms with E-state index in [1.807, 2.05) is 19.1 Å². The summed E-state index contributed by atoms with van der Waals surface area (Å²) in [6, 6.07) is 12.1. The zero-order valence-corrected chi connectivity index (χ0v) is 15.6. The van der Waals surface area contributed by atoms with Gasteiger partial charge in [0.15, 0.2) is 5.60 Å². The van der Waals surface area contributed by atoms with Gasteiger partial charge in [-0.3, -0.25) is 0 Å². The van der Waals surface area contributed by atoms with Crippen LogP contribution in [0.4, 0.5) is 0 Å². The fourth-order valence-electron chi connectivity index (χ4n) is 3.74. The van der Waals surface area contributed by atoms with Crippen molar-refractivity contribution in [3.8, 4) is 0 Å². The molecule has 0 bridgehead atoms. The van der Waals surface area contributed by atoms with Gasteiger partial charge in [-0.1, -0.05) is 40.5 Å². The van der Waals surface area contributed by atoms with Gasteiger partial charge in [0.1, 0.15) is 0 Å². The highest BCUT2D eigenvalue weighted by molar-refractivity contribution is 6.34. The second-order valence-electron chi connectivity index (χ2n) is 7.11. The Morgan fingerprint density at radius 2 is 1.92 bits per heavy atom. The molecule has 2 N–H and O–H groups in total. The van der Waals surface area contributed by atoms with Crippen molar-refractivity contribution in [3.05, 3.63) is 68.7 Å². The lowest BCUT2D eigenvalue weighted by Crippen LogP contribution is -2.22. The van der Waals surface area contributed by atoms with E-state index in [0.29, 0.717) is 16.5 Å². The minimum atomic E-state index is -0.559. The minimum Gasteiger partial charge on any atom is -0.384 e. The van der Waals surface area contributed by atoms with E-state index in [2.05, 4.69) is 23.4 Å². The Kier molecular flexibility index (Phi) is 4.27. The molecule has 0 aromatic heterocycles. The van der Waals surface area contributed by atoms with Crippen LogP contribution < -0.4 is 5.73 Å². The molecular weight excluding hydrogens is 355 g/mol. The van der Waals surface area contributed by atoms with Crippen LogP contribution in [0.3, 0.4) is 0 Å². The summed E-state index contributed by atoms with van der Waals surface area (Å²) in [5.74, 6) is 0. The van der Waals surface area contributed by atoms with E-state index < -0.39 is 5.60 Å². The molecule has 0 saturated heterocycles. The number of hydrogen-bond acceptors (Lipinski definition) is 3. The number of oxime groups is 1. The van der Waals surface area contributed by atoms with Gasteiger partial charge in [-0.15, -0.1) is 0 Å². The molecule has 130 valence electrons. The van der Waals surface area contributed by atoms with Crippen LogP contribution in [0.25, 0.3) is 0 Å². The maximum absolute atomic E-state index is 6.22. The monoisotopic (exact) mass is 374 g/mol. The van der Waals surface area contributed by atoms with Crippen LogP contribution in [0.2, 0.25) is 10.0 Å². The van der Waals surface area contributed by atoms with Gasteiger partial charge < -0.3 is 10.6 Å². The lowest BCUT2D eigenvalue weighted by Gasteiger charge is -2.23. The SMILES string of the molecule is CC1(c2cc(Cl)cc(Cl)c2)CC(c2ccc3c(c2)CCCC3N)=NO1. The molecular formula is C20H20Cl2N2O. The highest BCUT2D eigenvalue weighted by Crippen LogP contribution is 2.39. The Balaban J connectivity index is 1.62. The number of nitrogens with two attached hydrogens (primary N) is 1. The highest BCUT2D eigenvalue weighted by atomic mass is 35.5. The lowest BCUT2D eigenvalue weighted by molar-refractivity contribution is -0.00737. The fourth-order valence-corrected chi connectivity index (χ4v) is 4.27. The number of aryl methyl sites for hydroxylation is 1. The number of fused-ring (bicyclic) bond motifs is 1. The van der Waals surface area contributed by atoms with Gasteiger partial charge in [-0.2, -0.15) is 0 Å². The molecule has 1 heterocycles. The van der Waals surface area contributed by atoms with E-state index in [-0.39, 0.29) is 6.04 Å². The molecule has 25 heavy (non-hydrogen) atoms. The van der Waals surface area contributed by atoms with Crippen LogP contribution >= 0.6 is 23.2 Å². The number of rotatable bonds is 2. The average molecular weight is 375 g/mol. The van der Waals surface area contributed by atoms with Crippen LogP contribution in [0.1, 0.15) is 54.5 Å². The Morgan fingerprint density at radius 1 is 1.16 bits per heavy atom. The quantitative estimate of drug-likeness (QED) is 0.767. The Bertz CT molecular complexity index is 845. The summed E-state index contributed by atoms with van der Waals surface area (Å²) in [6.45, 7) is 2.01. The predicted octanol–water partition coefficient (Wildman–Crippen LogP) is 5.37. The van der Waals surface area contributed by atoms with Crippen molar-refractivity contribution in [1.29, 1.82) is 0 Å². The Labute approximate surface area is 157 Å². The van der Waals surface area contributed by atoms with Gasteiger partial charge in [0.25, 0.3) is 0 Å². The van der Waals surface area contributed by atoms with E-state index in [4.69, 9.17) is 33.8 Å². The normalized spacial score (nSPS) is 25.3. The summed E-state index contributed by atoms with van der Waals surface area (Å²) < 4.78 is 0. The van der Waals surface area contributed by atoms with Crippen molar-refractivity contribution >= 4 is 28.9 Å². The standard InChI is InChI=1S/C20H20Cl2N2O/c1-20(14-8-15(21)10-16(22)9-14)11-19(24-25-20)13-5-6-17-12(7-13)3-2-4-18(17)23/h5-10,18H,2-4,11,23H2,1H3. The van der Waals surface area contributed by atoms with E-state index in [1.54, 1.807) is 6.07 Å². The molecule has 1 aliphatic heterocycles. The third-order valence-electron chi connectivity index (χ3n) is 5.17. The summed E-state index contributed by atoms with van der Waals surface area (Å²) >= 11 is 12.3. The largest absolute Gasteiger partial charge is 0.384 e. The number of halogens is 2. The second-order valence-corrected chi connectivity index (χ2v) is 7.98. The molecule has 0 fully saturated rings. The van der Waals surface area contributed by atoms with E-state index in [1.165, 1.54) is 11.1 Å². The van der Waals surface area contributed by atoms with Crippen LogP contribution in [0, 0.1) is 0 Å². The first-order valence-electron chi connectivity index (χ1n) is 8.55. The zero-order valence-electron chi connectivity index (χ0n) is 14.1. The summed E-state index contributed by atoms with van der Waals surface area (Å²) in [4.78, 5) is 5.81. The molecule has 5 heteroatoms. The van der Waals surface area contributed by atoms with Crippen LogP contribution in [0.5, 0.6) is 0 Å². The number of nitrogens with zero attached hydrogens (tertiary/aromatic N) is 1. The molecule has 0 spiro atoms. The third-order valence-corrected chi connectivity index (χ3v) is 5.61. The van der Waals surface area contributed by atoms with E-state index >= 15 is 0 Å². The van der Waals surface area contributed by atoms with Crippen molar-refractivity contribution in [2.24, 2.45) is 10.9 Å². The highest BCUT2D eigenvalue weighted by Gasteiger charge is 2.37. The number of benzene rings is 2. The lowest BCUT2D eigenvalue weighted by atomic mass is 9.84. The van der Waals surface area contributed by atoms with Crippen LogP contribution in [-0.4, -0.2) is 5.71 Å². The average Bonchev–Trinajstić information content (AvgIpc) is 2.98. The summed E-state index contributed by atoms with van der Waals surface area (Å²) in [6.07, 6.45) is 3.95. The van der Waals surface area contributed by atoms with Crippen LogP contribution in [0.15, 0.2) is 41.6 Å². The summed E-state index contributed by atoms with van der Waals surface area (Å²) in [7, 11) is 0. The second kappa shape index (κ2) is 6.31. The fraction of sp³-hybridized carbons (Fsp3) is 0.350. The first-order chi connectivity index (χ1) is 11.9. The van der Waals surface area contributed by atoms with Crippen molar-refractivity contribution in [3.63, 3.8) is 0 Å². The van der Waals surface area contributed by atoms with Crippen molar-refractivity contribution in [2.75, 3.05) is 0 Å². The van der Waals surface area contributed by atoms with Crippen molar-refractivity contribution in [1.82, 2.24) is 0 Å². The minimum absolute atomic E-state index is 0.151. The molecule has 2 aromatic carbocycles. The predicted molar refractivity (Wildman–Crippen MR) is 102 cm³/mol. The van der Waals surface area contributed by atoms with Gasteiger partial charge in [0.05, 0.1) is 5.71 Å². The summed E-state index contributed by atoms with van der Waals surface area (Å²) in [5, 5.41) is 5.56. The van der Waals surface area contributed by atoms with Gasteiger partial charge in [0, 0.05) is 28.1 Å². The molecule has 0 amide bonds. The smallest absolute Gasteiger partial charge is 0.165 e. The first-order valence-corrected chi connectivity index (χ1v) is 9.31. The molecule has 2 atom stereocenters. The van der Waals surface area contributed by atoms with E-state index in [0.717, 1.165) is 36.1 Å². The third kappa shape index (κ3) is 3.17. The van der Waals surface area contributed by atoms with Gasteiger partial charge in [0.2, 0.25) is 0 Å². The zero-order chi connectivity index (χ0) is 17.6. The molecule has 2 aliphatic rings.